The molecule has 0 radical (unpaired) electrons. The van der Waals surface area contributed by atoms with E-state index < -0.39 is 6.04 Å². The number of carbonyl (C=O) groups is 2. The van der Waals surface area contributed by atoms with Crippen molar-refractivity contribution in [3.63, 3.8) is 0 Å². The van der Waals surface area contributed by atoms with E-state index in [-0.39, 0.29) is 21.9 Å². The predicted molar refractivity (Wildman–Crippen MR) is 114 cm³/mol. The first-order valence-electron chi connectivity index (χ1n) is 9.29. The van der Waals surface area contributed by atoms with Crippen molar-refractivity contribution in [1.82, 2.24) is 10.2 Å². The fraction of sp³-hybridized carbons (Fsp3) is 0.217. The largest absolute Gasteiger partial charge is 0.338 e. The second kappa shape index (κ2) is 5.85. The van der Waals surface area contributed by atoms with Gasteiger partial charge in [-0.1, -0.05) is 36.9 Å². The molecule has 2 fully saturated rings. The Morgan fingerprint density at radius 3 is 2.39 bits per heavy atom. The van der Waals surface area contributed by atoms with Gasteiger partial charge >= 0.3 is 0 Å². The van der Waals surface area contributed by atoms with Crippen molar-refractivity contribution >= 4 is 45.1 Å². The van der Waals surface area contributed by atoms with Gasteiger partial charge in [0.25, 0.3) is 11.8 Å². The number of amides is 2. The Morgan fingerprint density at radius 1 is 1.04 bits per heavy atom. The van der Waals surface area contributed by atoms with Crippen LogP contribution >= 0.6 is 11.8 Å². The highest BCUT2D eigenvalue weighted by molar-refractivity contribution is 8.01. The summed E-state index contributed by atoms with van der Waals surface area (Å²) < 4.78 is -0.191. The van der Waals surface area contributed by atoms with E-state index in [4.69, 9.17) is 0 Å². The predicted octanol–water partition coefficient (Wildman–Crippen LogP) is 4.30. The van der Waals surface area contributed by atoms with Crippen molar-refractivity contribution in [2.75, 3.05) is 0 Å². The average molecular weight is 388 g/mol. The summed E-state index contributed by atoms with van der Waals surface area (Å²) in [5.41, 5.74) is 1.38. The first kappa shape index (κ1) is 17.3. The summed E-state index contributed by atoms with van der Waals surface area (Å²) in [5.74, 6) is -0.294. The molecule has 2 aliphatic heterocycles. The van der Waals surface area contributed by atoms with Gasteiger partial charge in [0.2, 0.25) is 0 Å². The molecule has 0 aromatic heterocycles. The highest BCUT2D eigenvalue weighted by atomic mass is 32.2. The molecule has 2 aliphatic rings. The molecule has 0 unspecified atom stereocenters. The molecule has 2 saturated heterocycles. The average Bonchev–Trinajstić information content (AvgIpc) is 2.90. The van der Waals surface area contributed by atoms with Crippen molar-refractivity contribution in [3.8, 4) is 0 Å². The number of hydrogen-bond acceptors (Lipinski definition) is 3. The molecule has 0 bridgehead atoms. The second-order valence-electron chi connectivity index (χ2n) is 7.89. The standard InChI is InChI=1S/C23H20N2O2S/c1-13-23(2,3)28-22-19(21(27)25(13)22)24-20(26)17-9-8-16-10-14-6-4-5-7-15(14)11-18(16)12-17/h4-12,19,22H,1H2,2-3H3,(H,24,26)/t19-,22-/m1/s1. The number of thioether (sulfide) groups is 1. The summed E-state index contributed by atoms with van der Waals surface area (Å²) in [4.78, 5) is 27.0. The normalized spacial score (nSPS) is 23.0. The van der Waals surface area contributed by atoms with Crippen LogP contribution in [-0.4, -0.2) is 32.9 Å². The quantitative estimate of drug-likeness (QED) is 0.526. The molecule has 2 heterocycles. The van der Waals surface area contributed by atoms with Crippen LogP contribution in [0.25, 0.3) is 21.5 Å². The van der Waals surface area contributed by atoms with E-state index in [0.717, 1.165) is 21.9 Å². The van der Waals surface area contributed by atoms with E-state index in [2.05, 4.69) is 50.0 Å². The van der Waals surface area contributed by atoms with Crippen LogP contribution in [0, 0.1) is 0 Å². The van der Waals surface area contributed by atoms with E-state index in [0.29, 0.717) is 5.56 Å². The number of benzene rings is 3. The molecule has 3 aromatic carbocycles. The van der Waals surface area contributed by atoms with Gasteiger partial charge in [-0.2, -0.15) is 0 Å². The van der Waals surface area contributed by atoms with Crippen LogP contribution in [0.2, 0.25) is 0 Å². The van der Waals surface area contributed by atoms with Crippen molar-refractivity contribution in [3.05, 3.63) is 72.4 Å². The van der Waals surface area contributed by atoms with Crippen molar-refractivity contribution in [1.29, 1.82) is 0 Å². The zero-order valence-electron chi connectivity index (χ0n) is 15.7. The van der Waals surface area contributed by atoms with Gasteiger partial charge in [0, 0.05) is 11.3 Å². The van der Waals surface area contributed by atoms with Crippen LogP contribution in [0.3, 0.4) is 0 Å². The second-order valence-corrected chi connectivity index (χ2v) is 9.63. The lowest BCUT2D eigenvalue weighted by Gasteiger charge is -2.41. The van der Waals surface area contributed by atoms with Crippen LogP contribution in [-0.2, 0) is 4.79 Å². The maximum Gasteiger partial charge on any atom is 0.253 e. The Balaban J connectivity index is 1.41. The number of rotatable bonds is 2. The number of β-lactam (4-membered cyclic amide) rings is 1. The minimum absolute atomic E-state index is 0.0663. The number of hydrogen-bond donors (Lipinski definition) is 1. The molecule has 3 aromatic rings. The molecule has 2 amide bonds. The summed E-state index contributed by atoms with van der Waals surface area (Å²) in [7, 11) is 0. The molecule has 2 atom stereocenters. The molecule has 0 saturated carbocycles. The van der Waals surface area contributed by atoms with Crippen molar-refractivity contribution in [2.45, 2.75) is 30.0 Å². The van der Waals surface area contributed by atoms with E-state index in [1.807, 2.05) is 30.3 Å². The highest BCUT2D eigenvalue weighted by Crippen LogP contribution is 2.52. The molecular weight excluding hydrogens is 368 g/mol. The van der Waals surface area contributed by atoms with Gasteiger partial charge in [0.1, 0.15) is 11.4 Å². The fourth-order valence-electron chi connectivity index (χ4n) is 3.97. The molecule has 140 valence electrons. The number of nitrogens with one attached hydrogen (secondary N) is 1. The Labute approximate surface area is 167 Å². The van der Waals surface area contributed by atoms with Crippen molar-refractivity contribution in [2.24, 2.45) is 0 Å². The zero-order valence-corrected chi connectivity index (χ0v) is 16.5. The summed E-state index contributed by atoms with van der Waals surface area (Å²) in [5, 5.41) is 7.27. The van der Waals surface area contributed by atoms with Gasteiger partial charge in [0.15, 0.2) is 0 Å². The minimum Gasteiger partial charge on any atom is -0.338 e. The van der Waals surface area contributed by atoms with Crippen LogP contribution in [0.15, 0.2) is 66.9 Å². The van der Waals surface area contributed by atoms with Gasteiger partial charge in [-0.25, -0.2) is 0 Å². The van der Waals surface area contributed by atoms with E-state index in [1.54, 1.807) is 16.7 Å². The fourth-order valence-corrected chi connectivity index (χ4v) is 5.47. The monoisotopic (exact) mass is 388 g/mol. The number of carbonyl (C=O) groups excluding carboxylic acids is 2. The lowest BCUT2D eigenvalue weighted by atomic mass is 10.00. The highest BCUT2D eigenvalue weighted by Gasteiger charge is 2.58. The third-order valence-corrected chi connectivity index (χ3v) is 7.25. The van der Waals surface area contributed by atoms with E-state index in [1.165, 1.54) is 5.39 Å². The van der Waals surface area contributed by atoms with E-state index in [9.17, 15) is 9.59 Å². The van der Waals surface area contributed by atoms with Crippen LogP contribution in [0.5, 0.6) is 0 Å². The summed E-state index contributed by atoms with van der Waals surface area (Å²) >= 11 is 1.67. The third-order valence-electron chi connectivity index (χ3n) is 5.70. The zero-order chi connectivity index (χ0) is 19.6. The summed E-state index contributed by atoms with van der Waals surface area (Å²) in [6.45, 7) is 8.15. The number of fused-ring (bicyclic) bond motifs is 3. The van der Waals surface area contributed by atoms with Gasteiger partial charge in [0.05, 0.1) is 4.75 Å². The van der Waals surface area contributed by atoms with Crippen LogP contribution in [0.4, 0.5) is 0 Å². The van der Waals surface area contributed by atoms with Gasteiger partial charge in [-0.3, -0.25) is 14.5 Å². The van der Waals surface area contributed by atoms with E-state index >= 15 is 0 Å². The summed E-state index contributed by atoms with van der Waals surface area (Å²) in [6.07, 6.45) is 0. The molecule has 0 spiro atoms. The van der Waals surface area contributed by atoms with Crippen LogP contribution in [0.1, 0.15) is 24.2 Å². The van der Waals surface area contributed by atoms with Crippen molar-refractivity contribution < 1.29 is 9.59 Å². The van der Waals surface area contributed by atoms with Crippen LogP contribution < -0.4 is 5.32 Å². The molecule has 4 nitrogen and oxygen atoms in total. The molecule has 28 heavy (non-hydrogen) atoms. The lowest BCUT2D eigenvalue weighted by molar-refractivity contribution is -0.141. The molecule has 5 rings (SSSR count). The maximum absolute atomic E-state index is 12.8. The van der Waals surface area contributed by atoms with Gasteiger partial charge < -0.3 is 5.32 Å². The smallest absolute Gasteiger partial charge is 0.253 e. The summed E-state index contributed by atoms with van der Waals surface area (Å²) in [6, 6.07) is 17.6. The Morgan fingerprint density at radius 2 is 1.68 bits per heavy atom. The van der Waals surface area contributed by atoms with Gasteiger partial charge in [-0.05, 0) is 59.7 Å². The lowest BCUT2D eigenvalue weighted by Crippen LogP contribution is -2.66. The molecule has 5 heteroatoms. The first-order chi connectivity index (χ1) is 13.3. The topological polar surface area (TPSA) is 49.4 Å². The minimum atomic E-state index is -0.497. The molecular formula is C23H20N2O2S. The third kappa shape index (κ3) is 2.46. The van der Waals surface area contributed by atoms with Gasteiger partial charge in [-0.15, -0.1) is 11.8 Å². The maximum atomic E-state index is 12.8. The first-order valence-corrected chi connectivity index (χ1v) is 10.2. The molecule has 0 aliphatic carbocycles. The SMILES string of the molecule is C=C1N2C(=O)[C@@H](NC(=O)c3ccc4cc5ccccc5cc4c3)[C@H]2SC1(C)C. The Bertz CT molecular complexity index is 1180. The Hall–Kier alpha value is -2.79. The molecule has 1 N–H and O–H groups in total. The Kier molecular flexibility index (Phi) is 3.62. The number of nitrogens with zero attached hydrogens (tertiary/aromatic N) is 1.